The molecule has 15 heavy (non-hydrogen) atoms. The van der Waals surface area contributed by atoms with Crippen LogP contribution in [0.1, 0.15) is 30.9 Å². The fraction of sp³-hybridized carbons (Fsp3) is 0.455. The van der Waals surface area contributed by atoms with E-state index >= 15 is 0 Å². The molecule has 0 radical (unpaired) electrons. The van der Waals surface area contributed by atoms with E-state index in [1.54, 1.807) is 6.07 Å². The first-order chi connectivity index (χ1) is 6.77. The summed E-state index contributed by atoms with van der Waals surface area (Å²) in [5.41, 5.74) is 0.851. The smallest absolute Gasteiger partial charge is 0.159 e. The Morgan fingerprint density at radius 1 is 1.13 bits per heavy atom. The number of halogens is 3. The molecule has 4 heteroatoms. The standard InChI is InChI=1S/C11H13F2N.ClH/c12-9-5-4-8(7-10(9)13)11-3-1-2-6-14-11;/h4-5,7,11,14H,1-3,6H2;1H. The molecule has 1 aliphatic rings. The minimum atomic E-state index is -0.774. The Hall–Kier alpha value is -0.670. The average molecular weight is 234 g/mol. The van der Waals surface area contributed by atoms with Gasteiger partial charge in [0.2, 0.25) is 0 Å². The second kappa shape index (κ2) is 5.42. The summed E-state index contributed by atoms with van der Waals surface area (Å²) >= 11 is 0. The molecule has 1 fully saturated rings. The topological polar surface area (TPSA) is 12.0 Å². The minimum absolute atomic E-state index is 0. The monoisotopic (exact) mass is 233 g/mol. The first-order valence-electron chi connectivity index (χ1n) is 4.96. The maximum Gasteiger partial charge on any atom is 0.159 e. The molecule has 1 saturated heterocycles. The van der Waals surface area contributed by atoms with Crippen LogP contribution >= 0.6 is 12.4 Å². The van der Waals surface area contributed by atoms with Gasteiger partial charge in [0.15, 0.2) is 11.6 Å². The van der Waals surface area contributed by atoms with E-state index in [9.17, 15) is 8.78 Å². The fourth-order valence-corrected chi connectivity index (χ4v) is 1.87. The average Bonchev–Trinajstić information content (AvgIpc) is 2.23. The van der Waals surface area contributed by atoms with Gasteiger partial charge in [-0.3, -0.25) is 0 Å². The number of benzene rings is 1. The molecule has 2 rings (SSSR count). The first kappa shape index (κ1) is 12.4. The second-order valence-corrected chi connectivity index (χ2v) is 3.68. The van der Waals surface area contributed by atoms with Crippen LogP contribution in [0.2, 0.25) is 0 Å². The molecule has 0 amide bonds. The van der Waals surface area contributed by atoms with Crippen LogP contribution < -0.4 is 5.32 Å². The molecule has 1 nitrogen and oxygen atoms in total. The lowest BCUT2D eigenvalue weighted by molar-refractivity contribution is 0.409. The van der Waals surface area contributed by atoms with Gasteiger partial charge in [0, 0.05) is 6.04 Å². The summed E-state index contributed by atoms with van der Waals surface area (Å²) in [7, 11) is 0. The number of nitrogens with one attached hydrogen (secondary N) is 1. The van der Waals surface area contributed by atoms with Crippen LogP contribution in [0.25, 0.3) is 0 Å². The van der Waals surface area contributed by atoms with E-state index in [0.29, 0.717) is 0 Å². The van der Waals surface area contributed by atoms with Crippen LogP contribution in [0.15, 0.2) is 18.2 Å². The summed E-state index contributed by atoms with van der Waals surface area (Å²) in [5, 5.41) is 3.29. The van der Waals surface area contributed by atoms with Gasteiger partial charge < -0.3 is 5.32 Å². The zero-order valence-electron chi connectivity index (χ0n) is 8.30. The molecule has 84 valence electrons. The molecule has 1 aromatic rings. The van der Waals surface area contributed by atoms with Crippen LogP contribution in [0.5, 0.6) is 0 Å². The van der Waals surface area contributed by atoms with Crippen molar-refractivity contribution in [3.63, 3.8) is 0 Å². The van der Waals surface area contributed by atoms with E-state index in [1.165, 1.54) is 18.6 Å². The van der Waals surface area contributed by atoms with Gasteiger partial charge in [0.1, 0.15) is 0 Å². The van der Waals surface area contributed by atoms with E-state index in [-0.39, 0.29) is 18.4 Å². The van der Waals surface area contributed by atoms with Gasteiger partial charge in [-0.15, -0.1) is 12.4 Å². The summed E-state index contributed by atoms with van der Waals surface area (Å²) in [5.74, 6) is -1.53. The molecule has 0 aliphatic carbocycles. The third-order valence-corrected chi connectivity index (χ3v) is 2.66. The van der Waals surface area contributed by atoms with Gasteiger partial charge in [-0.2, -0.15) is 0 Å². The minimum Gasteiger partial charge on any atom is -0.310 e. The SMILES string of the molecule is Cl.Fc1ccc(C2CCCCN2)cc1F. The lowest BCUT2D eigenvalue weighted by Crippen LogP contribution is -2.26. The van der Waals surface area contributed by atoms with Gasteiger partial charge in [0.25, 0.3) is 0 Å². The van der Waals surface area contributed by atoms with Crippen LogP contribution in [0, 0.1) is 11.6 Å². The number of piperidine rings is 1. The highest BCUT2D eigenvalue weighted by molar-refractivity contribution is 5.85. The van der Waals surface area contributed by atoms with Gasteiger partial charge in [-0.05, 0) is 37.1 Å². The summed E-state index contributed by atoms with van der Waals surface area (Å²) in [6.45, 7) is 0.962. The Bertz CT molecular complexity index is 324. The van der Waals surface area contributed by atoms with E-state index in [4.69, 9.17) is 0 Å². The first-order valence-corrected chi connectivity index (χ1v) is 4.96. The molecule has 0 bridgehead atoms. The Kier molecular flexibility index (Phi) is 4.48. The normalized spacial score (nSPS) is 20.8. The Labute approximate surface area is 94.3 Å². The highest BCUT2D eigenvalue weighted by Crippen LogP contribution is 2.23. The molecular weight excluding hydrogens is 220 g/mol. The van der Waals surface area contributed by atoms with Crippen molar-refractivity contribution in [3.8, 4) is 0 Å². The zero-order valence-corrected chi connectivity index (χ0v) is 9.12. The summed E-state index contributed by atoms with van der Waals surface area (Å²) < 4.78 is 25.6. The van der Waals surface area contributed by atoms with Crippen molar-refractivity contribution < 1.29 is 8.78 Å². The van der Waals surface area contributed by atoms with Gasteiger partial charge in [-0.1, -0.05) is 12.5 Å². The highest BCUT2D eigenvalue weighted by Gasteiger charge is 2.15. The van der Waals surface area contributed by atoms with Gasteiger partial charge >= 0.3 is 0 Å². The number of rotatable bonds is 1. The van der Waals surface area contributed by atoms with E-state index in [0.717, 1.165) is 24.9 Å². The third-order valence-electron chi connectivity index (χ3n) is 2.66. The maximum atomic E-state index is 12.9. The van der Waals surface area contributed by atoms with Crippen molar-refractivity contribution in [2.24, 2.45) is 0 Å². The van der Waals surface area contributed by atoms with E-state index in [1.807, 2.05) is 0 Å². The predicted octanol–water partition coefficient (Wildman–Crippen LogP) is 3.20. The lowest BCUT2D eigenvalue weighted by atomic mass is 9.97. The second-order valence-electron chi connectivity index (χ2n) is 3.68. The van der Waals surface area contributed by atoms with Gasteiger partial charge in [0.05, 0.1) is 0 Å². The Morgan fingerprint density at radius 3 is 2.53 bits per heavy atom. The molecule has 1 atom stereocenters. The number of hydrogen-bond donors (Lipinski definition) is 1. The van der Waals surface area contributed by atoms with Crippen molar-refractivity contribution in [3.05, 3.63) is 35.4 Å². The van der Waals surface area contributed by atoms with Gasteiger partial charge in [-0.25, -0.2) is 8.78 Å². The Morgan fingerprint density at radius 2 is 1.93 bits per heavy atom. The molecule has 0 saturated carbocycles. The molecule has 1 unspecified atom stereocenters. The largest absolute Gasteiger partial charge is 0.310 e. The van der Waals surface area contributed by atoms with Crippen LogP contribution in [-0.2, 0) is 0 Å². The highest BCUT2D eigenvalue weighted by atomic mass is 35.5. The van der Waals surface area contributed by atoms with Crippen LogP contribution in [0.3, 0.4) is 0 Å². The van der Waals surface area contributed by atoms with E-state index < -0.39 is 11.6 Å². The van der Waals surface area contributed by atoms with Crippen molar-refractivity contribution in [2.75, 3.05) is 6.54 Å². The molecule has 1 N–H and O–H groups in total. The molecule has 1 heterocycles. The molecular formula is C11H14ClF2N. The summed E-state index contributed by atoms with van der Waals surface area (Å²) in [6, 6.07) is 4.33. The lowest BCUT2D eigenvalue weighted by Gasteiger charge is -2.23. The van der Waals surface area contributed by atoms with E-state index in [2.05, 4.69) is 5.32 Å². The fourth-order valence-electron chi connectivity index (χ4n) is 1.87. The van der Waals surface area contributed by atoms with Crippen molar-refractivity contribution in [2.45, 2.75) is 25.3 Å². The quantitative estimate of drug-likeness (QED) is 0.786. The third kappa shape index (κ3) is 2.89. The van der Waals surface area contributed by atoms with Crippen molar-refractivity contribution >= 4 is 12.4 Å². The van der Waals surface area contributed by atoms with Crippen LogP contribution in [-0.4, -0.2) is 6.54 Å². The van der Waals surface area contributed by atoms with Crippen molar-refractivity contribution in [1.82, 2.24) is 5.32 Å². The van der Waals surface area contributed by atoms with Crippen molar-refractivity contribution in [1.29, 1.82) is 0 Å². The Balaban J connectivity index is 0.00000112. The predicted molar refractivity (Wildman–Crippen MR) is 58.2 cm³/mol. The molecule has 0 aromatic heterocycles. The summed E-state index contributed by atoms with van der Waals surface area (Å²) in [6.07, 6.45) is 3.32. The molecule has 0 spiro atoms. The maximum absolute atomic E-state index is 12.9. The molecule has 1 aromatic carbocycles. The molecule has 1 aliphatic heterocycles. The van der Waals surface area contributed by atoms with Crippen LogP contribution in [0.4, 0.5) is 8.78 Å². The summed E-state index contributed by atoms with van der Waals surface area (Å²) in [4.78, 5) is 0. The zero-order chi connectivity index (χ0) is 9.97. The number of hydrogen-bond acceptors (Lipinski definition) is 1.